The molecule has 0 spiro atoms. The highest BCUT2D eigenvalue weighted by Gasteiger charge is 2.09. The van der Waals surface area contributed by atoms with E-state index in [2.05, 4.69) is 48.2 Å². The third-order valence-corrected chi connectivity index (χ3v) is 3.84. The second kappa shape index (κ2) is 6.78. The van der Waals surface area contributed by atoms with Gasteiger partial charge < -0.3 is 16.4 Å². The zero-order valence-corrected chi connectivity index (χ0v) is 14.6. The van der Waals surface area contributed by atoms with Gasteiger partial charge in [0.15, 0.2) is 11.6 Å². The maximum absolute atomic E-state index is 6.17. The summed E-state index contributed by atoms with van der Waals surface area (Å²) >= 11 is 2.26. The third kappa shape index (κ3) is 3.86. The monoisotopic (exact) mass is 418 g/mol. The summed E-state index contributed by atoms with van der Waals surface area (Å²) in [5.74, 6) is 1.76. The van der Waals surface area contributed by atoms with Crippen molar-refractivity contribution in [3.05, 3.63) is 58.1 Å². The van der Waals surface area contributed by atoms with Crippen LogP contribution >= 0.6 is 22.6 Å². The van der Waals surface area contributed by atoms with Gasteiger partial charge in [0.25, 0.3) is 0 Å². The minimum absolute atomic E-state index is 0.439. The van der Waals surface area contributed by atoms with Gasteiger partial charge in [-0.2, -0.15) is 0 Å². The number of pyridine rings is 1. The van der Waals surface area contributed by atoms with Gasteiger partial charge in [-0.05, 0) is 65.9 Å². The number of anilines is 5. The van der Waals surface area contributed by atoms with Gasteiger partial charge in [-0.15, -0.1) is 0 Å². The fourth-order valence-electron chi connectivity index (χ4n) is 2.00. The van der Waals surface area contributed by atoms with Crippen LogP contribution in [0.25, 0.3) is 0 Å². The van der Waals surface area contributed by atoms with E-state index < -0.39 is 0 Å². The van der Waals surface area contributed by atoms with Crippen molar-refractivity contribution in [1.82, 2.24) is 15.0 Å². The van der Waals surface area contributed by atoms with Crippen LogP contribution < -0.4 is 16.4 Å². The molecule has 0 aliphatic heterocycles. The Hall–Kier alpha value is -2.42. The summed E-state index contributed by atoms with van der Waals surface area (Å²) in [6.07, 6.45) is 1.46. The third-order valence-electron chi connectivity index (χ3n) is 3.13. The first-order chi connectivity index (χ1) is 11.1. The molecule has 0 unspecified atom stereocenters. The van der Waals surface area contributed by atoms with Crippen LogP contribution in [0.15, 0.2) is 48.8 Å². The molecule has 0 radical (unpaired) electrons. The number of rotatable bonds is 4. The normalized spacial score (nSPS) is 10.3. The standard InChI is InChI=1S/C16H15IN6/c1-10-3-2-4-13(21-10)23-16-14(18)15(19-9-20-16)22-12-7-5-11(17)6-8-12/h2-9H,18H2,1H3,(H2,19,20,21,22,23). The van der Waals surface area contributed by atoms with E-state index in [1.807, 2.05) is 49.4 Å². The maximum Gasteiger partial charge on any atom is 0.160 e. The Labute approximate surface area is 147 Å². The van der Waals surface area contributed by atoms with Crippen molar-refractivity contribution in [2.75, 3.05) is 16.4 Å². The molecule has 0 bridgehead atoms. The minimum atomic E-state index is 0.439. The van der Waals surface area contributed by atoms with E-state index in [0.717, 1.165) is 15.0 Å². The summed E-state index contributed by atoms with van der Waals surface area (Å²) in [5.41, 5.74) is 8.44. The van der Waals surface area contributed by atoms with Gasteiger partial charge in [-0.25, -0.2) is 15.0 Å². The van der Waals surface area contributed by atoms with Crippen molar-refractivity contribution < 1.29 is 0 Å². The molecular formula is C16H15IN6. The first-order valence-corrected chi connectivity index (χ1v) is 8.03. The number of halogens is 1. The number of nitrogens with two attached hydrogens (primary N) is 1. The summed E-state index contributed by atoms with van der Waals surface area (Å²) in [6.45, 7) is 1.93. The second-order valence-electron chi connectivity index (χ2n) is 4.91. The molecule has 0 aliphatic rings. The van der Waals surface area contributed by atoms with E-state index in [4.69, 9.17) is 5.73 Å². The van der Waals surface area contributed by atoms with Gasteiger partial charge in [0.05, 0.1) is 0 Å². The van der Waals surface area contributed by atoms with Crippen molar-refractivity contribution in [3.63, 3.8) is 0 Å². The number of aryl methyl sites for hydroxylation is 1. The SMILES string of the molecule is Cc1cccc(Nc2ncnc(Nc3ccc(I)cc3)c2N)n1. The Bertz CT molecular complexity index is 819. The lowest BCUT2D eigenvalue weighted by Crippen LogP contribution is -2.06. The molecule has 0 aliphatic carbocycles. The van der Waals surface area contributed by atoms with E-state index in [9.17, 15) is 0 Å². The van der Waals surface area contributed by atoms with Crippen LogP contribution in [0.5, 0.6) is 0 Å². The van der Waals surface area contributed by atoms with Gasteiger partial charge in [0.1, 0.15) is 17.8 Å². The smallest absolute Gasteiger partial charge is 0.160 e. The number of nitrogen functional groups attached to an aromatic ring is 1. The predicted octanol–water partition coefficient (Wildman–Crippen LogP) is 3.85. The summed E-state index contributed by atoms with van der Waals surface area (Å²) in [6, 6.07) is 13.7. The molecule has 2 aromatic heterocycles. The van der Waals surface area contributed by atoms with Crippen LogP contribution in [0.3, 0.4) is 0 Å². The van der Waals surface area contributed by atoms with Gasteiger partial charge >= 0.3 is 0 Å². The molecule has 0 saturated heterocycles. The van der Waals surface area contributed by atoms with Crippen LogP contribution in [-0.4, -0.2) is 15.0 Å². The summed E-state index contributed by atoms with van der Waals surface area (Å²) < 4.78 is 1.16. The van der Waals surface area contributed by atoms with Crippen LogP contribution in [-0.2, 0) is 0 Å². The van der Waals surface area contributed by atoms with Gasteiger partial charge in [-0.1, -0.05) is 6.07 Å². The zero-order chi connectivity index (χ0) is 16.2. The average Bonchev–Trinajstić information content (AvgIpc) is 2.53. The lowest BCUT2D eigenvalue weighted by atomic mass is 10.3. The molecule has 0 fully saturated rings. The summed E-state index contributed by atoms with van der Waals surface area (Å²) in [5, 5.41) is 6.32. The molecule has 0 amide bonds. The Balaban J connectivity index is 1.84. The Kier molecular flexibility index (Phi) is 4.56. The van der Waals surface area contributed by atoms with E-state index >= 15 is 0 Å². The number of hydrogen-bond acceptors (Lipinski definition) is 6. The van der Waals surface area contributed by atoms with Gasteiger partial charge in [0.2, 0.25) is 0 Å². The number of aromatic nitrogens is 3. The molecule has 1 aromatic carbocycles. The van der Waals surface area contributed by atoms with Gasteiger partial charge in [0, 0.05) is 15.0 Å². The summed E-state index contributed by atoms with van der Waals surface area (Å²) in [7, 11) is 0. The molecular weight excluding hydrogens is 403 g/mol. The first-order valence-electron chi connectivity index (χ1n) is 6.95. The first kappa shape index (κ1) is 15.5. The maximum atomic E-state index is 6.17. The van der Waals surface area contributed by atoms with Crippen LogP contribution in [0.1, 0.15) is 5.69 Å². The molecule has 0 saturated carbocycles. The highest BCUT2D eigenvalue weighted by Crippen LogP contribution is 2.27. The summed E-state index contributed by atoms with van der Waals surface area (Å²) in [4.78, 5) is 12.8. The van der Waals surface area contributed by atoms with Crippen molar-refractivity contribution in [1.29, 1.82) is 0 Å². The van der Waals surface area contributed by atoms with Gasteiger partial charge in [-0.3, -0.25) is 0 Å². The number of benzene rings is 1. The van der Waals surface area contributed by atoms with E-state index in [0.29, 0.717) is 23.1 Å². The van der Waals surface area contributed by atoms with Crippen LogP contribution in [0.4, 0.5) is 28.8 Å². The number of nitrogens with one attached hydrogen (secondary N) is 2. The molecule has 116 valence electrons. The topological polar surface area (TPSA) is 88.8 Å². The van der Waals surface area contributed by atoms with Crippen molar-refractivity contribution in [2.45, 2.75) is 6.92 Å². The van der Waals surface area contributed by atoms with Crippen molar-refractivity contribution in [2.24, 2.45) is 0 Å². The molecule has 23 heavy (non-hydrogen) atoms. The molecule has 6 nitrogen and oxygen atoms in total. The number of hydrogen-bond donors (Lipinski definition) is 3. The molecule has 3 rings (SSSR count). The fourth-order valence-corrected chi connectivity index (χ4v) is 2.36. The lowest BCUT2D eigenvalue weighted by molar-refractivity contribution is 1.15. The average molecular weight is 418 g/mol. The highest BCUT2D eigenvalue weighted by atomic mass is 127. The highest BCUT2D eigenvalue weighted by molar-refractivity contribution is 14.1. The van der Waals surface area contributed by atoms with Crippen LogP contribution in [0.2, 0.25) is 0 Å². The fraction of sp³-hybridized carbons (Fsp3) is 0.0625. The van der Waals surface area contributed by atoms with E-state index in [1.165, 1.54) is 6.33 Å². The Morgan fingerprint density at radius 3 is 2.35 bits per heavy atom. The van der Waals surface area contributed by atoms with E-state index in [-0.39, 0.29) is 0 Å². The molecule has 7 heteroatoms. The number of nitrogens with zero attached hydrogens (tertiary/aromatic N) is 3. The lowest BCUT2D eigenvalue weighted by Gasteiger charge is -2.12. The molecule has 4 N–H and O–H groups in total. The minimum Gasteiger partial charge on any atom is -0.393 e. The quantitative estimate of drug-likeness (QED) is 0.558. The van der Waals surface area contributed by atoms with Crippen molar-refractivity contribution in [3.8, 4) is 0 Å². The van der Waals surface area contributed by atoms with Crippen molar-refractivity contribution >= 4 is 51.4 Å². The Morgan fingerprint density at radius 2 is 1.65 bits per heavy atom. The Morgan fingerprint density at radius 1 is 0.957 bits per heavy atom. The van der Waals surface area contributed by atoms with E-state index in [1.54, 1.807) is 0 Å². The molecule has 3 aromatic rings. The predicted molar refractivity (Wildman–Crippen MR) is 101 cm³/mol. The largest absolute Gasteiger partial charge is 0.393 e. The second-order valence-corrected chi connectivity index (χ2v) is 6.15. The zero-order valence-electron chi connectivity index (χ0n) is 12.4. The molecule has 2 heterocycles. The molecule has 0 atom stereocenters. The van der Waals surface area contributed by atoms with Crippen LogP contribution in [0, 0.1) is 10.5 Å².